The van der Waals surface area contributed by atoms with Gasteiger partial charge in [0.25, 0.3) is 0 Å². The van der Waals surface area contributed by atoms with Crippen molar-refractivity contribution in [1.82, 2.24) is 4.90 Å². The number of nitrogens with one attached hydrogen (secondary N) is 2. The Kier molecular flexibility index (Phi) is 8.92. The molecule has 0 amide bonds. The number of allylic oxidation sites excluding steroid dienone is 1. The highest BCUT2D eigenvalue weighted by molar-refractivity contribution is 6.03. The lowest BCUT2D eigenvalue weighted by Gasteiger charge is -2.29. The Morgan fingerprint density at radius 2 is 2.00 bits per heavy atom. The number of likely N-dealkylation sites (N-methyl/N-ethyl adjacent to an activating group) is 1. The van der Waals surface area contributed by atoms with E-state index in [1.165, 1.54) is 0 Å². The van der Waals surface area contributed by atoms with Gasteiger partial charge in [-0.15, -0.1) is 0 Å². The van der Waals surface area contributed by atoms with Crippen LogP contribution in [0.1, 0.15) is 52.0 Å². The van der Waals surface area contributed by atoms with Gasteiger partial charge in [0, 0.05) is 18.3 Å². The van der Waals surface area contributed by atoms with Crippen LogP contribution in [0, 0.1) is 5.41 Å². The van der Waals surface area contributed by atoms with Gasteiger partial charge in [0.1, 0.15) is 12.1 Å². The fraction of sp³-hybridized carbons (Fsp3) is 0.500. The summed E-state index contributed by atoms with van der Waals surface area (Å²) < 4.78 is 0. The number of anilines is 1. The number of para-hydroxylation sites is 1. The lowest BCUT2D eigenvalue weighted by molar-refractivity contribution is -0.104. The maximum Gasteiger partial charge on any atom is 0.147 e. The highest BCUT2D eigenvalue weighted by Crippen LogP contribution is 2.20. The summed E-state index contributed by atoms with van der Waals surface area (Å²) in [6, 6.07) is 7.94. The van der Waals surface area contributed by atoms with Crippen molar-refractivity contribution in [3.05, 3.63) is 41.1 Å². The molecular weight excluding hydrogens is 312 g/mol. The van der Waals surface area contributed by atoms with E-state index in [9.17, 15) is 4.79 Å². The van der Waals surface area contributed by atoms with Gasteiger partial charge in [-0.3, -0.25) is 10.2 Å². The Balaban J connectivity index is 2.99. The highest BCUT2D eigenvalue weighted by Gasteiger charge is 2.19. The summed E-state index contributed by atoms with van der Waals surface area (Å²) in [5.41, 5.74) is 9.28. The van der Waals surface area contributed by atoms with E-state index in [4.69, 9.17) is 11.1 Å². The Morgan fingerprint density at radius 3 is 2.60 bits per heavy atom. The maximum atomic E-state index is 11.4. The predicted molar refractivity (Wildman–Crippen MR) is 106 cm³/mol. The third-order valence-electron chi connectivity index (χ3n) is 4.42. The van der Waals surface area contributed by atoms with Gasteiger partial charge >= 0.3 is 0 Å². The van der Waals surface area contributed by atoms with Crippen LogP contribution in [0.5, 0.6) is 0 Å². The minimum absolute atomic E-state index is 0.236. The lowest BCUT2D eigenvalue weighted by atomic mass is 10.1. The van der Waals surface area contributed by atoms with E-state index in [1.807, 2.05) is 31.3 Å². The van der Waals surface area contributed by atoms with Gasteiger partial charge in [0.2, 0.25) is 0 Å². The maximum absolute atomic E-state index is 11.4. The number of aryl methyl sites for hydroxylation is 1. The summed E-state index contributed by atoms with van der Waals surface area (Å²) in [4.78, 5) is 13.1. The quantitative estimate of drug-likeness (QED) is 0.150. The van der Waals surface area contributed by atoms with Crippen molar-refractivity contribution in [1.29, 1.82) is 5.41 Å². The zero-order valence-corrected chi connectivity index (χ0v) is 15.9. The zero-order chi connectivity index (χ0) is 18.8. The molecule has 1 atom stereocenters. The standard InChI is InChI=1S/C20H32N4O/c1-5-7-8-13-18(21)24(4)20(22)19(15(3)14-25)23-17-12-10-9-11-16(17)6-2/h9-12,14,18,22-23H,5-8,13,21H2,1-4H3/b19-15-,22-20?. The SMILES string of the molecule is CCCCCC(N)N(C)C(=N)/C(Nc1ccccc1CC)=C(\C)C=O. The minimum Gasteiger partial charge on any atom is -0.352 e. The molecule has 5 nitrogen and oxygen atoms in total. The lowest BCUT2D eigenvalue weighted by Crippen LogP contribution is -2.44. The smallest absolute Gasteiger partial charge is 0.147 e. The number of carbonyl (C=O) groups excluding carboxylic acids is 1. The Hall–Kier alpha value is -2.14. The van der Waals surface area contributed by atoms with Gasteiger partial charge in [-0.25, -0.2) is 0 Å². The topological polar surface area (TPSA) is 82.2 Å². The Bertz CT molecular complexity index is 609. The normalized spacial score (nSPS) is 13.0. The molecule has 0 heterocycles. The van der Waals surface area contributed by atoms with Crippen molar-refractivity contribution in [3.8, 4) is 0 Å². The molecule has 0 saturated carbocycles. The van der Waals surface area contributed by atoms with E-state index >= 15 is 0 Å². The van der Waals surface area contributed by atoms with Crippen LogP contribution in [-0.2, 0) is 11.2 Å². The number of rotatable bonds is 10. The average Bonchev–Trinajstić information content (AvgIpc) is 2.64. The van der Waals surface area contributed by atoms with Crippen LogP contribution >= 0.6 is 0 Å². The number of benzene rings is 1. The molecule has 0 aromatic heterocycles. The molecule has 0 spiro atoms. The van der Waals surface area contributed by atoms with Crippen LogP contribution in [0.3, 0.4) is 0 Å². The second-order valence-electron chi connectivity index (χ2n) is 6.33. The molecule has 1 aromatic rings. The van der Waals surface area contributed by atoms with E-state index in [0.29, 0.717) is 11.3 Å². The number of hydrogen-bond donors (Lipinski definition) is 3. The third-order valence-corrected chi connectivity index (χ3v) is 4.42. The van der Waals surface area contributed by atoms with Crippen molar-refractivity contribution >= 4 is 17.8 Å². The first-order chi connectivity index (χ1) is 12.0. The molecule has 0 aliphatic carbocycles. The molecular formula is C20H32N4O. The number of unbranched alkanes of at least 4 members (excludes halogenated alkanes) is 2. The summed E-state index contributed by atoms with van der Waals surface area (Å²) in [6.07, 6.45) is 5.54. The first kappa shape index (κ1) is 20.9. The number of aldehydes is 1. The monoisotopic (exact) mass is 344 g/mol. The Labute approximate surface area is 151 Å². The second-order valence-corrected chi connectivity index (χ2v) is 6.33. The van der Waals surface area contributed by atoms with Crippen molar-refractivity contribution < 1.29 is 4.79 Å². The largest absolute Gasteiger partial charge is 0.352 e. The fourth-order valence-corrected chi connectivity index (χ4v) is 2.63. The molecule has 4 N–H and O–H groups in total. The molecule has 0 bridgehead atoms. The summed E-state index contributed by atoms with van der Waals surface area (Å²) >= 11 is 0. The summed E-state index contributed by atoms with van der Waals surface area (Å²) in [5, 5.41) is 11.8. The number of amidine groups is 1. The van der Waals surface area contributed by atoms with Crippen molar-refractivity contribution in [3.63, 3.8) is 0 Å². The van der Waals surface area contributed by atoms with Crippen LogP contribution in [0.4, 0.5) is 5.69 Å². The van der Waals surface area contributed by atoms with Gasteiger partial charge in [-0.05, 0) is 31.4 Å². The molecule has 138 valence electrons. The molecule has 5 heteroatoms. The minimum atomic E-state index is -0.239. The van der Waals surface area contributed by atoms with Gasteiger partial charge < -0.3 is 16.0 Å². The van der Waals surface area contributed by atoms with Crippen LogP contribution in [0.25, 0.3) is 0 Å². The molecule has 1 unspecified atom stereocenters. The number of carbonyl (C=O) groups is 1. The molecule has 25 heavy (non-hydrogen) atoms. The van der Waals surface area contributed by atoms with Crippen LogP contribution in [0.2, 0.25) is 0 Å². The van der Waals surface area contributed by atoms with Gasteiger partial charge in [0.15, 0.2) is 0 Å². The van der Waals surface area contributed by atoms with Crippen LogP contribution in [0.15, 0.2) is 35.5 Å². The van der Waals surface area contributed by atoms with Gasteiger partial charge in [-0.2, -0.15) is 0 Å². The summed E-state index contributed by atoms with van der Waals surface area (Å²) in [7, 11) is 1.81. The van der Waals surface area contributed by atoms with E-state index in [2.05, 4.69) is 19.2 Å². The summed E-state index contributed by atoms with van der Waals surface area (Å²) in [5.74, 6) is 0.236. The molecule has 0 aliphatic rings. The predicted octanol–water partition coefficient (Wildman–Crippen LogP) is 3.91. The number of nitrogens with zero attached hydrogens (tertiary/aromatic N) is 1. The number of hydrogen-bond acceptors (Lipinski definition) is 4. The summed E-state index contributed by atoms with van der Waals surface area (Å²) in [6.45, 7) is 5.95. The van der Waals surface area contributed by atoms with Crippen LogP contribution < -0.4 is 11.1 Å². The fourth-order valence-electron chi connectivity index (χ4n) is 2.63. The zero-order valence-electron chi connectivity index (χ0n) is 15.9. The van der Waals surface area contributed by atoms with E-state index in [0.717, 1.165) is 49.6 Å². The van der Waals surface area contributed by atoms with Crippen molar-refractivity contribution in [2.45, 2.75) is 59.0 Å². The molecule has 1 rings (SSSR count). The van der Waals surface area contributed by atoms with Gasteiger partial charge in [0.05, 0.1) is 11.9 Å². The average molecular weight is 345 g/mol. The van der Waals surface area contributed by atoms with Crippen LogP contribution in [-0.4, -0.2) is 30.2 Å². The molecule has 1 aromatic carbocycles. The van der Waals surface area contributed by atoms with E-state index in [-0.39, 0.29) is 12.0 Å². The second kappa shape index (κ2) is 10.7. The van der Waals surface area contributed by atoms with Crippen molar-refractivity contribution in [2.75, 3.05) is 12.4 Å². The molecule has 0 saturated heterocycles. The van der Waals surface area contributed by atoms with E-state index in [1.54, 1.807) is 11.8 Å². The molecule has 0 aliphatic heterocycles. The highest BCUT2D eigenvalue weighted by atomic mass is 16.1. The Morgan fingerprint density at radius 1 is 1.32 bits per heavy atom. The van der Waals surface area contributed by atoms with E-state index < -0.39 is 0 Å². The van der Waals surface area contributed by atoms with Gasteiger partial charge in [-0.1, -0.05) is 51.3 Å². The number of nitrogens with two attached hydrogens (primary N) is 1. The van der Waals surface area contributed by atoms with Crippen molar-refractivity contribution in [2.24, 2.45) is 5.73 Å². The first-order valence-electron chi connectivity index (χ1n) is 9.04. The third kappa shape index (κ3) is 6.02. The molecule has 0 radical (unpaired) electrons. The first-order valence-corrected chi connectivity index (χ1v) is 9.04. The molecule has 0 fully saturated rings.